The van der Waals surface area contributed by atoms with Crippen LogP contribution in [0.3, 0.4) is 0 Å². The van der Waals surface area contributed by atoms with Crippen LogP contribution in [-0.4, -0.2) is 101 Å². The molecule has 0 aliphatic carbocycles. The normalized spacial score (nSPS) is 14.1. The van der Waals surface area contributed by atoms with Gasteiger partial charge in [-0.15, -0.1) is 13.2 Å². The molecule has 70 heavy (non-hydrogen) atoms. The molecule has 1 aromatic carbocycles. The topological polar surface area (TPSA) is 202 Å². The van der Waals surface area contributed by atoms with E-state index < -0.39 is 11.2 Å². The van der Waals surface area contributed by atoms with Crippen molar-refractivity contribution in [2.24, 2.45) is 0 Å². The standard InChI is InChI=1S/C27H33N7O2.C25H35N7O2/c1-8-16-33-24(35)20-17-28-25(29-18-12-14-19(15-13-18)32(7)26(2,3)4)31-23(20)34(33)22-11-9-10-21(30-22)27(5,6)36;1-7-13-31-22(33)18-16-26-23(27-17-11-14-30(15-12-17)24(2,3)4)29-21(18)32(31)20-10-8-9-19(28-20)25(5,6)34/h8-15,17,36H,1,16H2,2-7H3,(H,28,29,31);7-10,16-17,34H,1,11-15H2,2-6H3,(H,26,27,29). The molecule has 7 heterocycles. The number of pyridine rings is 2. The quantitative estimate of drug-likeness (QED) is 0.0831. The zero-order valence-corrected chi connectivity index (χ0v) is 42.4. The molecule has 0 unspecified atom stereocenters. The third-order valence-electron chi connectivity index (χ3n) is 12.4. The van der Waals surface area contributed by atoms with Crippen LogP contribution in [0.15, 0.2) is 108 Å². The molecular formula is C52H68N14O4. The van der Waals surface area contributed by atoms with Crippen LogP contribution < -0.4 is 26.7 Å². The van der Waals surface area contributed by atoms with Gasteiger partial charge in [0.2, 0.25) is 11.9 Å². The van der Waals surface area contributed by atoms with Crippen molar-refractivity contribution in [1.29, 1.82) is 0 Å². The maximum Gasteiger partial charge on any atom is 0.278 e. The van der Waals surface area contributed by atoms with E-state index in [0.717, 1.165) is 37.3 Å². The van der Waals surface area contributed by atoms with Gasteiger partial charge in [-0.2, -0.15) is 9.97 Å². The highest BCUT2D eigenvalue weighted by molar-refractivity contribution is 5.78. The highest BCUT2D eigenvalue weighted by atomic mass is 16.3. The largest absolute Gasteiger partial charge is 0.384 e. The first-order valence-electron chi connectivity index (χ1n) is 23.6. The molecule has 1 aliphatic heterocycles. The molecule has 1 aliphatic rings. The average Bonchev–Trinajstić information content (AvgIpc) is 3.73. The van der Waals surface area contributed by atoms with Gasteiger partial charge >= 0.3 is 0 Å². The summed E-state index contributed by atoms with van der Waals surface area (Å²) in [6.45, 7) is 30.0. The smallest absolute Gasteiger partial charge is 0.278 e. The number of benzene rings is 1. The SMILES string of the molecule is C=CCn1c(=O)c2cnc(NC3CCN(C(C)(C)C)CC3)nc2n1-c1cccc(C(C)(C)O)n1.C=CCn1c(=O)c2cnc(Nc3ccc(N(C)C(C)(C)C)cc3)nc2n1-c1cccc(C(C)(C)O)n1. The summed E-state index contributed by atoms with van der Waals surface area (Å²) < 4.78 is 6.37. The fraction of sp³-hybridized carbons (Fsp3) is 0.423. The molecule has 0 saturated carbocycles. The van der Waals surface area contributed by atoms with Crippen molar-refractivity contribution in [1.82, 2.24) is 53.5 Å². The molecule has 0 bridgehead atoms. The first-order valence-corrected chi connectivity index (χ1v) is 23.6. The lowest BCUT2D eigenvalue weighted by Crippen LogP contribution is -2.48. The molecule has 0 radical (unpaired) electrons. The van der Waals surface area contributed by atoms with E-state index >= 15 is 0 Å². The van der Waals surface area contributed by atoms with Crippen molar-refractivity contribution in [3.8, 4) is 11.6 Å². The Labute approximate surface area is 409 Å². The maximum absolute atomic E-state index is 13.2. The number of hydrogen-bond donors (Lipinski definition) is 4. The van der Waals surface area contributed by atoms with Crippen LogP contribution in [0.5, 0.6) is 0 Å². The number of nitrogens with one attached hydrogen (secondary N) is 2. The third-order valence-corrected chi connectivity index (χ3v) is 12.4. The Balaban J connectivity index is 0.000000207. The summed E-state index contributed by atoms with van der Waals surface area (Å²) in [6, 6.07) is 19.0. The summed E-state index contributed by atoms with van der Waals surface area (Å²) in [5.74, 6) is 1.80. The summed E-state index contributed by atoms with van der Waals surface area (Å²) in [6.07, 6.45) is 8.39. The van der Waals surface area contributed by atoms with Crippen molar-refractivity contribution in [2.45, 2.75) is 123 Å². The van der Waals surface area contributed by atoms with Gasteiger partial charge in [0.05, 0.1) is 24.5 Å². The second-order valence-corrected chi connectivity index (χ2v) is 20.7. The van der Waals surface area contributed by atoms with Crippen LogP contribution in [0.2, 0.25) is 0 Å². The number of aromatic nitrogens is 10. The van der Waals surface area contributed by atoms with Crippen LogP contribution in [0.4, 0.5) is 23.3 Å². The minimum atomic E-state index is -1.14. The Morgan fingerprint density at radius 2 is 1.13 bits per heavy atom. The van der Waals surface area contributed by atoms with Crippen LogP contribution in [0.25, 0.3) is 33.7 Å². The summed E-state index contributed by atoms with van der Waals surface area (Å²) in [5.41, 5.74) is 1.22. The number of aliphatic hydroxyl groups is 2. The number of rotatable bonds is 13. The van der Waals surface area contributed by atoms with E-state index in [1.807, 2.05) is 30.3 Å². The second kappa shape index (κ2) is 19.8. The van der Waals surface area contributed by atoms with E-state index in [1.54, 1.807) is 85.7 Å². The molecule has 7 aromatic rings. The van der Waals surface area contributed by atoms with Gasteiger partial charge in [-0.05, 0) is 131 Å². The lowest BCUT2D eigenvalue weighted by molar-refractivity contribution is 0.0733. The molecule has 370 valence electrons. The van der Waals surface area contributed by atoms with E-state index in [9.17, 15) is 19.8 Å². The Hall–Kier alpha value is -7.02. The Kier molecular flexibility index (Phi) is 14.4. The predicted molar refractivity (Wildman–Crippen MR) is 279 cm³/mol. The fourth-order valence-corrected chi connectivity index (χ4v) is 8.15. The van der Waals surface area contributed by atoms with Crippen molar-refractivity contribution < 1.29 is 10.2 Å². The van der Waals surface area contributed by atoms with Gasteiger partial charge in [-0.1, -0.05) is 24.3 Å². The maximum atomic E-state index is 13.2. The number of likely N-dealkylation sites (tertiary alicyclic amines) is 1. The highest BCUT2D eigenvalue weighted by Gasteiger charge is 2.28. The molecule has 6 aromatic heterocycles. The number of anilines is 4. The van der Waals surface area contributed by atoms with Gasteiger partial charge in [-0.25, -0.2) is 38.7 Å². The fourth-order valence-electron chi connectivity index (χ4n) is 8.15. The predicted octanol–water partition coefficient (Wildman–Crippen LogP) is 7.43. The van der Waals surface area contributed by atoms with Gasteiger partial charge in [0, 0.05) is 61.0 Å². The van der Waals surface area contributed by atoms with Gasteiger partial charge < -0.3 is 25.7 Å². The molecule has 4 N–H and O–H groups in total. The van der Waals surface area contributed by atoms with Crippen LogP contribution in [0, 0.1) is 0 Å². The van der Waals surface area contributed by atoms with Crippen LogP contribution >= 0.6 is 0 Å². The summed E-state index contributed by atoms with van der Waals surface area (Å²) in [5, 5.41) is 28.4. The van der Waals surface area contributed by atoms with E-state index in [-0.39, 0.29) is 41.3 Å². The molecule has 18 heteroatoms. The first kappa shape index (κ1) is 50.8. The molecule has 18 nitrogen and oxygen atoms in total. The van der Waals surface area contributed by atoms with E-state index in [1.165, 1.54) is 15.6 Å². The zero-order chi connectivity index (χ0) is 50.9. The monoisotopic (exact) mass is 953 g/mol. The minimum Gasteiger partial charge on any atom is -0.384 e. The van der Waals surface area contributed by atoms with Gasteiger partial charge in [0.15, 0.2) is 22.9 Å². The Bertz CT molecular complexity index is 3110. The molecule has 0 amide bonds. The summed E-state index contributed by atoms with van der Waals surface area (Å²) in [4.78, 5) is 58.5. The van der Waals surface area contributed by atoms with Gasteiger partial charge in [-0.3, -0.25) is 14.5 Å². The molecule has 0 spiro atoms. The minimum absolute atomic E-state index is 0.00191. The van der Waals surface area contributed by atoms with E-state index in [4.69, 9.17) is 4.98 Å². The Morgan fingerprint density at radius 3 is 1.56 bits per heavy atom. The van der Waals surface area contributed by atoms with Crippen molar-refractivity contribution in [3.63, 3.8) is 0 Å². The highest BCUT2D eigenvalue weighted by Crippen LogP contribution is 2.27. The lowest BCUT2D eigenvalue weighted by Gasteiger charge is -2.41. The lowest BCUT2D eigenvalue weighted by atomic mass is 9.98. The summed E-state index contributed by atoms with van der Waals surface area (Å²) >= 11 is 0. The first-order chi connectivity index (χ1) is 32.9. The van der Waals surface area contributed by atoms with Gasteiger partial charge in [0.25, 0.3) is 11.1 Å². The van der Waals surface area contributed by atoms with E-state index in [0.29, 0.717) is 57.0 Å². The number of hydrogen-bond acceptors (Lipinski definition) is 14. The van der Waals surface area contributed by atoms with Gasteiger partial charge in [0.1, 0.15) is 22.0 Å². The van der Waals surface area contributed by atoms with E-state index in [2.05, 4.69) is 107 Å². The van der Waals surface area contributed by atoms with Crippen molar-refractivity contribution in [3.05, 3.63) is 130 Å². The number of piperidine rings is 1. The second-order valence-electron chi connectivity index (χ2n) is 20.7. The van der Waals surface area contributed by atoms with Crippen molar-refractivity contribution in [2.75, 3.05) is 35.7 Å². The molecular weight excluding hydrogens is 885 g/mol. The summed E-state index contributed by atoms with van der Waals surface area (Å²) in [7, 11) is 2.06. The zero-order valence-electron chi connectivity index (χ0n) is 42.4. The average molecular weight is 953 g/mol. The Morgan fingerprint density at radius 1 is 0.671 bits per heavy atom. The molecule has 1 saturated heterocycles. The molecule has 1 fully saturated rings. The van der Waals surface area contributed by atoms with Crippen LogP contribution in [0.1, 0.15) is 93.5 Å². The van der Waals surface area contributed by atoms with Crippen molar-refractivity contribution >= 4 is 45.3 Å². The third kappa shape index (κ3) is 11.0. The van der Waals surface area contributed by atoms with Crippen LogP contribution in [-0.2, 0) is 24.3 Å². The number of nitrogens with zero attached hydrogens (tertiary/aromatic N) is 12. The molecule has 0 atom stereocenters. The molecule has 8 rings (SSSR count). The number of fused-ring (bicyclic) bond motifs is 2. The number of allylic oxidation sites excluding steroid dienone is 2.